The largest absolute Gasteiger partial charge is 0.393 e. The first-order valence-corrected chi connectivity index (χ1v) is 24.6. The second-order valence-electron chi connectivity index (χ2n) is 20.1. The molecule has 0 spiro atoms. The molecule has 4 N–H and O–H groups in total. The van der Waals surface area contributed by atoms with Gasteiger partial charge in [0.2, 0.25) is 0 Å². The van der Waals surface area contributed by atoms with Crippen molar-refractivity contribution in [2.24, 2.45) is 23.7 Å². The molecular weight excluding hydrogens is 849 g/mol. The number of imidazole rings is 4. The SMILES string of the molecule is O[C@@H]1CC[C@@H]1[C@@H]1c2ccccc2-c2cncn21.O[C@@H]1CC[C@H]1[C@H]1c2ccccc2-c2cncn21.O[C@H]1CC[C@@H]1[C@@H]1c2ccccc2-c2cncn21.O[C@H]1CC[C@H]1[C@H]1c2ccccc2-c2cncn21. The molecule has 0 unspecified atom stereocenters. The number of aliphatic hydroxyl groups excluding tert-OH is 4. The summed E-state index contributed by atoms with van der Waals surface area (Å²) < 4.78 is 8.88. The Morgan fingerprint density at radius 3 is 0.721 bits per heavy atom. The lowest BCUT2D eigenvalue weighted by Gasteiger charge is -2.38. The third kappa shape index (κ3) is 6.48. The highest BCUT2D eigenvalue weighted by atomic mass is 16.3. The fourth-order valence-electron chi connectivity index (χ4n) is 12.7. The molecule has 4 aromatic heterocycles. The van der Waals surface area contributed by atoms with Crippen molar-refractivity contribution in [1.29, 1.82) is 0 Å². The standard InChI is InChI=1S/4C14H14N2O/c4*17-13-6-5-11(13)14-10-4-2-1-3-9(10)12-7-15-8-16(12)14/h4*1-4,7-8,11,13-14,17H,5-6H2/t2*11-,13+,14-;2*11-,13-,14-/m1010/s1. The minimum absolute atomic E-state index is 0.151. The van der Waals surface area contributed by atoms with Crippen LogP contribution >= 0.6 is 0 Å². The van der Waals surface area contributed by atoms with Crippen molar-refractivity contribution >= 4 is 0 Å². The first-order valence-electron chi connectivity index (χ1n) is 24.6. The average molecular weight is 905 g/mol. The summed E-state index contributed by atoms with van der Waals surface area (Å²) in [5.41, 5.74) is 15.2. The minimum Gasteiger partial charge on any atom is -0.393 e. The van der Waals surface area contributed by atoms with Crippen LogP contribution in [0.3, 0.4) is 0 Å². The lowest BCUT2D eigenvalue weighted by atomic mass is 9.74. The van der Waals surface area contributed by atoms with Gasteiger partial charge in [-0.3, -0.25) is 0 Å². The Morgan fingerprint density at radius 2 is 0.529 bits per heavy atom. The highest BCUT2D eigenvalue weighted by Crippen LogP contribution is 2.52. The Bertz CT molecular complexity index is 2720. The zero-order chi connectivity index (χ0) is 45.6. The summed E-state index contributed by atoms with van der Waals surface area (Å²) in [6, 6.07) is 35.0. The van der Waals surface area contributed by atoms with E-state index in [0.717, 1.165) is 51.4 Å². The molecule has 12 heteroatoms. The second-order valence-corrected chi connectivity index (χ2v) is 20.1. The Labute approximate surface area is 395 Å². The molecular formula is C56H56N8O4. The van der Waals surface area contributed by atoms with Gasteiger partial charge in [0.25, 0.3) is 0 Å². The van der Waals surface area contributed by atoms with Gasteiger partial charge in [0.15, 0.2) is 0 Å². The fraction of sp³-hybridized carbons (Fsp3) is 0.357. The van der Waals surface area contributed by atoms with E-state index in [1.807, 2.05) is 50.1 Å². The number of aliphatic hydroxyl groups is 4. The summed E-state index contributed by atoms with van der Waals surface area (Å²) in [7, 11) is 0. The Kier molecular flexibility index (Phi) is 10.2. The third-order valence-electron chi connectivity index (χ3n) is 16.9. The summed E-state index contributed by atoms with van der Waals surface area (Å²) in [6.45, 7) is 0. The average Bonchev–Trinajstić information content (AvgIpc) is 4.24. The number of nitrogens with zero attached hydrogens (tertiary/aromatic N) is 8. The van der Waals surface area contributed by atoms with Gasteiger partial charge in [-0.1, -0.05) is 97.1 Å². The van der Waals surface area contributed by atoms with Gasteiger partial charge >= 0.3 is 0 Å². The van der Waals surface area contributed by atoms with E-state index in [2.05, 4.69) is 135 Å². The molecule has 68 heavy (non-hydrogen) atoms. The monoisotopic (exact) mass is 904 g/mol. The zero-order valence-corrected chi connectivity index (χ0v) is 37.8. The number of hydrogen-bond donors (Lipinski definition) is 4. The molecule has 4 aromatic carbocycles. The second kappa shape index (κ2) is 16.7. The molecule has 0 bridgehead atoms. The smallest absolute Gasteiger partial charge is 0.0956 e. The number of benzene rings is 4. The van der Waals surface area contributed by atoms with E-state index in [0.29, 0.717) is 23.7 Å². The fourth-order valence-corrected chi connectivity index (χ4v) is 12.7. The molecule has 0 radical (unpaired) electrons. The van der Waals surface area contributed by atoms with Gasteiger partial charge in [-0.2, -0.15) is 0 Å². The van der Waals surface area contributed by atoms with Gasteiger partial charge in [0.05, 0.1) is 121 Å². The van der Waals surface area contributed by atoms with Crippen molar-refractivity contribution in [2.45, 2.75) is 99.9 Å². The minimum atomic E-state index is -0.151. The van der Waals surface area contributed by atoms with Crippen molar-refractivity contribution < 1.29 is 20.4 Å². The molecule has 0 amide bonds. The number of rotatable bonds is 4. The summed E-state index contributed by atoms with van der Waals surface area (Å²) >= 11 is 0. The lowest BCUT2D eigenvalue weighted by Crippen LogP contribution is -2.37. The number of hydrogen-bond acceptors (Lipinski definition) is 8. The molecule has 0 saturated heterocycles. The molecule has 344 valence electrons. The van der Waals surface area contributed by atoms with Gasteiger partial charge in [0.1, 0.15) is 0 Å². The summed E-state index contributed by atoms with van der Waals surface area (Å²) in [6.07, 6.45) is 22.8. The quantitative estimate of drug-likeness (QED) is 0.137. The Balaban J connectivity index is 0.0000000896. The molecule has 8 heterocycles. The van der Waals surface area contributed by atoms with E-state index in [1.165, 1.54) is 67.3 Å². The van der Waals surface area contributed by atoms with Crippen LogP contribution in [0, 0.1) is 23.7 Å². The molecule has 12 atom stereocenters. The lowest BCUT2D eigenvalue weighted by molar-refractivity contribution is 0.00397. The van der Waals surface area contributed by atoms with Gasteiger partial charge in [-0.15, -0.1) is 0 Å². The summed E-state index contributed by atoms with van der Waals surface area (Å²) in [5.74, 6) is 1.41. The van der Waals surface area contributed by atoms with Crippen LogP contribution in [0.4, 0.5) is 0 Å². The highest BCUT2D eigenvalue weighted by Gasteiger charge is 2.45. The van der Waals surface area contributed by atoms with Crippen molar-refractivity contribution in [3.05, 3.63) is 169 Å². The van der Waals surface area contributed by atoms with Crippen LogP contribution in [0.15, 0.2) is 147 Å². The van der Waals surface area contributed by atoms with Crippen molar-refractivity contribution in [2.75, 3.05) is 0 Å². The van der Waals surface area contributed by atoms with Gasteiger partial charge in [-0.25, -0.2) is 19.9 Å². The Hall–Kier alpha value is -6.44. The van der Waals surface area contributed by atoms with Crippen LogP contribution in [0.1, 0.15) is 97.8 Å². The number of aromatic nitrogens is 8. The van der Waals surface area contributed by atoms with Gasteiger partial charge in [-0.05, 0) is 73.6 Å². The van der Waals surface area contributed by atoms with Crippen LogP contribution < -0.4 is 0 Å². The normalized spacial score (nSPS) is 29.6. The van der Waals surface area contributed by atoms with Crippen LogP contribution in [-0.2, 0) is 0 Å². The third-order valence-corrected chi connectivity index (χ3v) is 16.9. The van der Waals surface area contributed by atoms with E-state index in [9.17, 15) is 20.4 Å². The maximum absolute atomic E-state index is 9.92. The number of fused-ring (bicyclic) bond motifs is 12. The molecule has 12 nitrogen and oxygen atoms in total. The molecule has 8 aliphatic rings. The highest BCUT2D eigenvalue weighted by molar-refractivity contribution is 5.72. The van der Waals surface area contributed by atoms with Crippen LogP contribution in [0.2, 0.25) is 0 Å². The molecule has 4 aliphatic heterocycles. The molecule has 4 fully saturated rings. The predicted molar refractivity (Wildman–Crippen MR) is 258 cm³/mol. The van der Waals surface area contributed by atoms with E-state index in [1.54, 1.807) is 0 Å². The van der Waals surface area contributed by atoms with E-state index in [4.69, 9.17) is 0 Å². The van der Waals surface area contributed by atoms with E-state index < -0.39 is 0 Å². The van der Waals surface area contributed by atoms with E-state index in [-0.39, 0.29) is 48.6 Å². The maximum atomic E-state index is 9.92. The first kappa shape index (κ1) is 41.7. The van der Waals surface area contributed by atoms with Crippen molar-refractivity contribution in [3.8, 4) is 45.0 Å². The summed E-state index contributed by atoms with van der Waals surface area (Å²) in [4.78, 5) is 17.0. The van der Waals surface area contributed by atoms with Crippen molar-refractivity contribution in [1.82, 2.24) is 38.2 Å². The van der Waals surface area contributed by atoms with Gasteiger partial charge in [0, 0.05) is 45.9 Å². The predicted octanol–water partition coefficient (Wildman–Crippen LogP) is 8.90. The molecule has 16 rings (SSSR count). The van der Waals surface area contributed by atoms with Gasteiger partial charge < -0.3 is 38.7 Å². The van der Waals surface area contributed by atoms with Crippen molar-refractivity contribution in [3.63, 3.8) is 0 Å². The first-order chi connectivity index (χ1) is 33.4. The van der Waals surface area contributed by atoms with Crippen LogP contribution in [-0.4, -0.2) is 83.0 Å². The zero-order valence-electron chi connectivity index (χ0n) is 37.8. The Morgan fingerprint density at radius 1 is 0.309 bits per heavy atom. The molecule has 4 aliphatic carbocycles. The maximum Gasteiger partial charge on any atom is 0.0956 e. The van der Waals surface area contributed by atoms with Crippen LogP contribution in [0.5, 0.6) is 0 Å². The molecule has 4 saturated carbocycles. The summed E-state index contributed by atoms with van der Waals surface area (Å²) in [5, 5.41) is 39.7. The van der Waals surface area contributed by atoms with E-state index >= 15 is 0 Å². The molecule has 8 aromatic rings. The van der Waals surface area contributed by atoms with Crippen LogP contribution in [0.25, 0.3) is 45.0 Å². The topological polar surface area (TPSA) is 152 Å².